The maximum Gasteiger partial charge on any atom is 0.231 e. The minimum Gasteiger partial charge on any atom is -0.498 e. The predicted molar refractivity (Wildman–Crippen MR) is 82.8 cm³/mol. The van der Waals surface area contributed by atoms with Gasteiger partial charge in [0.05, 0.1) is 26.1 Å². The van der Waals surface area contributed by atoms with Crippen LogP contribution in [0.15, 0.2) is 24.0 Å². The van der Waals surface area contributed by atoms with Gasteiger partial charge in [-0.15, -0.1) is 0 Å². The zero-order chi connectivity index (χ0) is 15.6. The quantitative estimate of drug-likeness (QED) is 0.786. The SMILES string of the molecule is COC1=C[C@]23CCC[NH+]2CCc2cc4c(cc2[C@@H]3[C@@H]1O)OCO4. The molecule has 5 nitrogen and oxygen atoms in total. The first-order chi connectivity index (χ1) is 11.2. The topological polar surface area (TPSA) is 52.4 Å². The molecule has 3 aliphatic heterocycles. The van der Waals surface area contributed by atoms with E-state index in [-0.39, 0.29) is 18.2 Å². The highest BCUT2D eigenvalue weighted by molar-refractivity contribution is 5.53. The molecule has 1 fully saturated rings. The maximum absolute atomic E-state index is 11.0. The van der Waals surface area contributed by atoms with E-state index < -0.39 is 6.10 Å². The van der Waals surface area contributed by atoms with Gasteiger partial charge < -0.3 is 24.2 Å². The summed E-state index contributed by atoms with van der Waals surface area (Å²) in [4.78, 5) is 1.58. The van der Waals surface area contributed by atoms with Gasteiger partial charge in [0.2, 0.25) is 6.79 Å². The van der Waals surface area contributed by atoms with Crippen molar-refractivity contribution in [3.8, 4) is 11.5 Å². The smallest absolute Gasteiger partial charge is 0.231 e. The van der Waals surface area contributed by atoms with E-state index >= 15 is 0 Å². The Morgan fingerprint density at radius 1 is 1.26 bits per heavy atom. The third-order valence-electron chi connectivity index (χ3n) is 6.19. The van der Waals surface area contributed by atoms with Gasteiger partial charge >= 0.3 is 0 Å². The van der Waals surface area contributed by atoms with Crippen molar-refractivity contribution < 1.29 is 24.2 Å². The molecule has 3 heterocycles. The van der Waals surface area contributed by atoms with E-state index in [2.05, 4.69) is 18.2 Å². The summed E-state index contributed by atoms with van der Waals surface area (Å²) in [5, 5.41) is 11.0. The number of aliphatic hydroxyl groups excluding tert-OH is 1. The first-order valence-corrected chi connectivity index (χ1v) is 8.45. The van der Waals surface area contributed by atoms with E-state index in [9.17, 15) is 5.11 Å². The number of rotatable bonds is 1. The number of nitrogens with one attached hydrogen (secondary N) is 1. The molecule has 23 heavy (non-hydrogen) atoms. The number of methoxy groups -OCH3 is 1. The van der Waals surface area contributed by atoms with Gasteiger partial charge in [0.25, 0.3) is 0 Å². The molecule has 4 atom stereocenters. The van der Waals surface area contributed by atoms with Crippen molar-refractivity contribution in [2.45, 2.75) is 36.8 Å². The van der Waals surface area contributed by atoms with Crippen LogP contribution in [0.1, 0.15) is 29.9 Å². The van der Waals surface area contributed by atoms with Gasteiger partial charge in [-0.3, -0.25) is 0 Å². The van der Waals surface area contributed by atoms with Crippen molar-refractivity contribution in [3.05, 3.63) is 35.1 Å². The summed E-state index contributed by atoms with van der Waals surface area (Å²) in [6.07, 6.45) is 4.95. The van der Waals surface area contributed by atoms with Gasteiger partial charge in [0.1, 0.15) is 17.4 Å². The Morgan fingerprint density at radius 3 is 2.91 bits per heavy atom. The molecule has 0 bridgehead atoms. The predicted octanol–water partition coefficient (Wildman–Crippen LogP) is 0.377. The lowest BCUT2D eigenvalue weighted by molar-refractivity contribution is -0.932. The fourth-order valence-corrected chi connectivity index (χ4v) is 5.20. The van der Waals surface area contributed by atoms with Crippen LogP contribution >= 0.6 is 0 Å². The first kappa shape index (κ1) is 13.7. The van der Waals surface area contributed by atoms with Crippen LogP contribution in [0.5, 0.6) is 11.5 Å². The largest absolute Gasteiger partial charge is 0.498 e. The number of benzene rings is 1. The molecule has 1 spiro atoms. The lowest BCUT2D eigenvalue weighted by atomic mass is 9.78. The molecule has 0 radical (unpaired) electrons. The van der Waals surface area contributed by atoms with Crippen LogP contribution in [0.25, 0.3) is 0 Å². The normalized spacial score (nSPS) is 36.8. The third-order valence-corrected chi connectivity index (χ3v) is 6.19. The fourth-order valence-electron chi connectivity index (χ4n) is 5.20. The zero-order valence-corrected chi connectivity index (χ0v) is 13.3. The second-order valence-corrected chi connectivity index (χ2v) is 7.08. The molecular formula is C18H22NO4+. The van der Waals surface area contributed by atoms with E-state index in [1.807, 2.05) is 0 Å². The second kappa shape index (κ2) is 4.65. The van der Waals surface area contributed by atoms with Crippen LogP contribution in [0.4, 0.5) is 0 Å². The molecule has 1 aromatic carbocycles. The van der Waals surface area contributed by atoms with Crippen molar-refractivity contribution in [3.63, 3.8) is 0 Å². The van der Waals surface area contributed by atoms with E-state index in [4.69, 9.17) is 14.2 Å². The van der Waals surface area contributed by atoms with Crippen LogP contribution < -0.4 is 14.4 Å². The van der Waals surface area contributed by atoms with E-state index in [1.54, 1.807) is 12.0 Å². The molecule has 0 amide bonds. The van der Waals surface area contributed by atoms with Gasteiger partial charge in [-0.1, -0.05) is 0 Å². The van der Waals surface area contributed by atoms with Crippen LogP contribution in [0.3, 0.4) is 0 Å². The zero-order valence-electron chi connectivity index (χ0n) is 13.3. The number of hydrogen-bond acceptors (Lipinski definition) is 4. The van der Waals surface area contributed by atoms with Crippen molar-refractivity contribution in [2.75, 3.05) is 27.0 Å². The molecule has 1 aliphatic carbocycles. The molecule has 2 N–H and O–H groups in total. The molecule has 5 heteroatoms. The Bertz CT molecular complexity index is 701. The molecule has 4 aliphatic rings. The Kier molecular flexibility index (Phi) is 2.77. The first-order valence-electron chi connectivity index (χ1n) is 8.45. The Morgan fingerprint density at radius 2 is 2.09 bits per heavy atom. The lowest BCUT2D eigenvalue weighted by Crippen LogP contribution is -3.18. The van der Waals surface area contributed by atoms with E-state index in [1.165, 1.54) is 17.5 Å². The monoisotopic (exact) mass is 316 g/mol. The highest BCUT2D eigenvalue weighted by Crippen LogP contribution is 2.49. The second-order valence-electron chi connectivity index (χ2n) is 7.08. The third kappa shape index (κ3) is 1.69. The molecule has 5 rings (SSSR count). The molecule has 1 aromatic rings. The summed E-state index contributed by atoms with van der Waals surface area (Å²) in [5.41, 5.74) is 2.45. The maximum atomic E-state index is 11.0. The lowest BCUT2D eigenvalue weighted by Gasteiger charge is -2.35. The summed E-state index contributed by atoms with van der Waals surface area (Å²) < 4.78 is 16.6. The molecular weight excluding hydrogens is 294 g/mol. The summed E-state index contributed by atoms with van der Waals surface area (Å²) in [6, 6.07) is 4.21. The van der Waals surface area contributed by atoms with Crippen LogP contribution in [0.2, 0.25) is 0 Å². The van der Waals surface area contributed by atoms with Crippen molar-refractivity contribution >= 4 is 0 Å². The van der Waals surface area contributed by atoms with Crippen molar-refractivity contribution in [2.24, 2.45) is 0 Å². The highest BCUT2D eigenvalue weighted by atomic mass is 16.7. The van der Waals surface area contributed by atoms with Crippen LogP contribution in [-0.2, 0) is 11.2 Å². The number of quaternary nitrogens is 1. The van der Waals surface area contributed by atoms with E-state index in [0.29, 0.717) is 0 Å². The molecule has 1 unspecified atom stereocenters. The molecule has 0 aromatic heterocycles. The van der Waals surface area contributed by atoms with Crippen molar-refractivity contribution in [1.82, 2.24) is 0 Å². The number of ether oxygens (including phenoxy) is 3. The van der Waals surface area contributed by atoms with Gasteiger partial charge in [0, 0.05) is 25.3 Å². The standard InChI is InChI=1S/C18H21NO4/c1-21-15-9-18-4-2-5-19(18)6-3-11-7-13-14(23-10-22-13)8-12(11)16(18)17(15)20/h7-9,16-17,20H,2-6,10H2,1H3/p+1/t16-,17-,18+/m1/s1. The fraction of sp³-hybridized carbons (Fsp3) is 0.556. The van der Waals surface area contributed by atoms with Gasteiger partial charge in [-0.05, 0) is 23.3 Å². The highest BCUT2D eigenvalue weighted by Gasteiger charge is 2.59. The number of aliphatic hydroxyl groups is 1. The number of fused-ring (bicyclic) bond motifs is 3. The summed E-state index contributed by atoms with van der Waals surface area (Å²) >= 11 is 0. The Balaban J connectivity index is 1.70. The Hall–Kier alpha value is -1.72. The summed E-state index contributed by atoms with van der Waals surface area (Å²) in [7, 11) is 1.66. The Labute approximate surface area is 135 Å². The average molecular weight is 316 g/mol. The average Bonchev–Trinajstić information content (AvgIpc) is 3.21. The summed E-state index contributed by atoms with van der Waals surface area (Å²) in [6.45, 7) is 2.54. The van der Waals surface area contributed by atoms with Gasteiger partial charge in [-0.2, -0.15) is 0 Å². The van der Waals surface area contributed by atoms with Gasteiger partial charge in [0.15, 0.2) is 11.5 Å². The minimum absolute atomic E-state index is 0.0380. The minimum atomic E-state index is -0.578. The van der Waals surface area contributed by atoms with Crippen molar-refractivity contribution in [1.29, 1.82) is 0 Å². The van der Waals surface area contributed by atoms with Gasteiger partial charge in [-0.25, -0.2) is 0 Å². The molecule has 0 saturated carbocycles. The number of hydrogen-bond donors (Lipinski definition) is 2. The summed E-state index contributed by atoms with van der Waals surface area (Å²) in [5.74, 6) is 2.41. The molecule has 122 valence electrons. The van der Waals surface area contributed by atoms with Crippen LogP contribution in [0, 0.1) is 0 Å². The van der Waals surface area contributed by atoms with Crippen LogP contribution in [-0.4, -0.2) is 43.7 Å². The molecule has 1 saturated heterocycles. The van der Waals surface area contributed by atoms with E-state index in [0.717, 1.165) is 43.2 Å².